The SMILES string of the molecule is CCC1CN(Cc2cc(C(CC(=O)O)c3ccc4c(nnn4C)c3C)ccc2C)Cc2ccc(OC)cc2O1.O=CO. The second-order valence-electron chi connectivity index (χ2n) is 10.6. The van der Waals surface area contributed by atoms with Crippen LogP contribution in [0.1, 0.15) is 59.1 Å². The third-order valence-corrected chi connectivity index (χ3v) is 7.88. The van der Waals surface area contributed by atoms with E-state index in [9.17, 15) is 9.90 Å². The summed E-state index contributed by atoms with van der Waals surface area (Å²) in [7, 11) is 3.53. The molecule has 0 radical (unpaired) electrons. The number of carboxylic acids is 1. The molecule has 1 aliphatic rings. The summed E-state index contributed by atoms with van der Waals surface area (Å²) in [6.07, 6.45) is 0.972. The normalized spacial score (nSPS) is 15.5. The molecule has 2 heterocycles. The van der Waals surface area contributed by atoms with Gasteiger partial charge in [-0.25, -0.2) is 4.68 Å². The summed E-state index contributed by atoms with van der Waals surface area (Å²) in [4.78, 5) is 22.8. The summed E-state index contributed by atoms with van der Waals surface area (Å²) >= 11 is 0. The Bertz CT molecular complexity index is 1570. The third kappa shape index (κ3) is 6.71. The molecule has 5 rings (SSSR count). The van der Waals surface area contributed by atoms with Crippen molar-refractivity contribution in [1.82, 2.24) is 19.9 Å². The molecule has 0 saturated carbocycles. The van der Waals surface area contributed by atoms with Gasteiger partial charge in [-0.3, -0.25) is 14.5 Å². The molecule has 0 spiro atoms. The molecule has 0 bridgehead atoms. The van der Waals surface area contributed by atoms with Crippen molar-refractivity contribution >= 4 is 23.5 Å². The highest BCUT2D eigenvalue weighted by molar-refractivity contribution is 5.80. The van der Waals surface area contributed by atoms with Gasteiger partial charge in [-0.15, -0.1) is 5.10 Å². The topological polar surface area (TPSA) is 127 Å². The smallest absolute Gasteiger partial charge is 0.304 e. The number of aromatic nitrogens is 3. The predicted molar refractivity (Wildman–Crippen MR) is 159 cm³/mol. The Hall–Kier alpha value is -4.44. The second kappa shape index (κ2) is 13.5. The Kier molecular flexibility index (Phi) is 9.80. The molecule has 1 aromatic heterocycles. The molecule has 10 heteroatoms. The van der Waals surface area contributed by atoms with E-state index in [1.54, 1.807) is 11.8 Å². The molecule has 0 fully saturated rings. The van der Waals surface area contributed by atoms with Crippen molar-refractivity contribution in [2.24, 2.45) is 7.05 Å². The van der Waals surface area contributed by atoms with Crippen LogP contribution in [0.15, 0.2) is 48.5 Å². The highest BCUT2D eigenvalue weighted by Crippen LogP contribution is 2.35. The van der Waals surface area contributed by atoms with Crippen LogP contribution in [0.5, 0.6) is 11.5 Å². The van der Waals surface area contributed by atoms with Crippen molar-refractivity contribution in [3.05, 3.63) is 81.9 Å². The number of fused-ring (bicyclic) bond motifs is 2. The molecular weight excluding hydrogens is 536 g/mol. The lowest BCUT2D eigenvalue weighted by molar-refractivity contribution is -0.137. The average Bonchev–Trinajstić information content (AvgIpc) is 3.25. The molecule has 1 aliphatic heterocycles. The number of ether oxygens (including phenoxy) is 2. The number of hydrogen-bond donors (Lipinski definition) is 2. The molecule has 2 unspecified atom stereocenters. The summed E-state index contributed by atoms with van der Waals surface area (Å²) in [5.74, 6) is 0.547. The monoisotopic (exact) mass is 574 g/mol. The summed E-state index contributed by atoms with van der Waals surface area (Å²) in [5, 5.41) is 25.2. The molecule has 3 aromatic carbocycles. The van der Waals surface area contributed by atoms with Crippen LogP contribution < -0.4 is 9.47 Å². The molecule has 4 aromatic rings. The zero-order chi connectivity index (χ0) is 30.4. The number of rotatable bonds is 8. The first-order valence-electron chi connectivity index (χ1n) is 13.9. The van der Waals surface area contributed by atoms with Crippen LogP contribution >= 0.6 is 0 Å². The molecular formula is C32H38N4O6. The van der Waals surface area contributed by atoms with E-state index < -0.39 is 5.97 Å². The minimum atomic E-state index is -0.830. The van der Waals surface area contributed by atoms with Gasteiger partial charge in [0, 0.05) is 44.2 Å². The van der Waals surface area contributed by atoms with E-state index in [1.807, 2.05) is 38.2 Å². The number of hydrogen-bond acceptors (Lipinski definition) is 7. The van der Waals surface area contributed by atoms with Crippen LogP contribution in [0, 0.1) is 13.8 Å². The number of methoxy groups -OCH3 is 1. The van der Waals surface area contributed by atoms with E-state index in [-0.39, 0.29) is 24.9 Å². The number of aryl methyl sites for hydroxylation is 3. The van der Waals surface area contributed by atoms with E-state index >= 15 is 0 Å². The van der Waals surface area contributed by atoms with Crippen LogP contribution in [0.4, 0.5) is 0 Å². The summed E-state index contributed by atoms with van der Waals surface area (Å²) < 4.78 is 13.5. The maximum atomic E-state index is 12.0. The predicted octanol–water partition coefficient (Wildman–Crippen LogP) is 5.07. The van der Waals surface area contributed by atoms with Gasteiger partial charge in [0.05, 0.1) is 19.0 Å². The fraction of sp³-hybridized carbons (Fsp3) is 0.375. The Morgan fingerprint density at radius 3 is 2.64 bits per heavy atom. The summed E-state index contributed by atoms with van der Waals surface area (Å²) in [6, 6.07) is 16.4. The van der Waals surface area contributed by atoms with Crippen LogP contribution in [0.3, 0.4) is 0 Å². The first-order valence-corrected chi connectivity index (χ1v) is 13.9. The maximum absolute atomic E-state index is 12.0. The molecule has 222 valence electrons. The molecule has 10 nitrogen and oxygen atoms in total. The lowest BCUT2D eigenvalue weighted by Crippen LogP contribution is -2.32. The van der Waals surface area contributed by atoms with Gasteiger partial charge in [-0.2, -0.15) is 0 Å². The second-order valence-corrected chi connectivity index (χ2v) is 10.6. The fourth-order valence-corrected chi connectivity index (χ4v) is 5.57. The molecule has 0 aliphatic carbocycles. The lowest BCUT2D eigenvalue weighted by atomic mass is 9.84. The van der Waals surface area contributed by atoms with Gasteiger partial charge in [-0.1, -0.05) is 42.5 Å². The van der Waals surface area contributed by atoms with Crippen LogP contribution in [0.25, 0.3) is 11.0 Å². The molecule has 42 heavy (non-hydrogen) atoms. The molecule has 2 N–H and O–H groups in total. The standard InChI is InChI=1S/C31H36N4O4.CH2O2/c1-6-24-18-35(16-22-9-10-25(38-5)14-29(22)39-24)17-23-13-21(8-7-19(23)2)27(15-30(36)37)26-11-12-28-31(20(26)3)32-33-34(28)4;2-1-3/h7-14,24,27H,6,15-18H2,1-5H3,(H,36,37);1H,(H,2,3). The fourth-order valence-electron chi connectivity index (χ4n) is 5.57. The van der Waals surface area contributed by atoms with Crippen molar-refractivity contribution in [1.29, 1.82) is 0 Å². The molecule has 0 amide bonds. The van der Waals surface area contributed by atoms with Crippen molar-refractivity contribution in [2.45, 2.75) is 58.7 Å². The zero-order valence-corrected chi connectivity index (χ0v) is 24.7. The van der Waals surface area contributed by atoms with Gasteiger partial charge in [-0.05, 0) is 60.2 Å². The van der Waals surface area contributed by atoms with Crippen molar-refractivity contribution in [3.63, 3.8) is 0 Å². The first kappa shape index (κ1) is 30.5. The quantitative estimate of drug-likeness (QED) is 0.277. The number of benzene rings is 3. The minimum absolute atomic E-state index is 0.000217. The average molecular weight is 575 g/mol. The number of nitrogens with zero attached hydrogens (tertiary/aromatic N) is 4. The largest absolute Gasteiger partial charge is 0.497 e. The van der Waals surface area contributed by atoms with E-state index in [0.29, 0.717) is 0 Å². The van der Waals surface area contributed by atoms with Crippen LogP contribution in [0.2, 0.25) is 0 Å². The third-order valence-electron chi connectivity index (χ3n) is 7.88. The highest BCUT2D eigenvalue weighted by Gasteiger charge is 2.25. The van der Waals surface area contributed by atoms with Gasteiger partial charge in [0.2, 0.25) is 0 Å². The number of carbonyl (C=O) groups is 2. The van der Waals surface area contributed by atoms with Gasteiger partial charge in [0.15, 0.2) is 0 Å². The van der Waals surface area contributed by atoms with Gasteiger partial charge in [0.25, 0.3) is 6.47 Å². The van der Waals surface area contributed by atoms with E-state index in [0.717, 1.165) is 70.8 Å². The maximum Gasteiger partial charge on any atom is 0.304 e. The Labute approximate surface area is 245 Å². The van der Waals surface area contributed by atoms with Crippen LogP contribution in [-0.2, 0) is 29.7 Å². The van der Waals surface area contributed by atoms with Crippen LogP contribution in [-0.4, -0.2) is 62.3 Å². The van der Waals surface area contributed by atoms with Gasteiger partial charge in [0.1, 0.15) is 23.1 Å². The Balaban J connectivity index is 0.00000129. The lowest BCUT2D eigenvalue weighted by Gasteiger charge is -2.25. The van der Waals surface area contributed by atoms with Crippen molar-refractivity contribution in [2.75, 3.05) is 13.7 Å². The zero-order valence-electron chi connectivity index (χ0n) is 24.7. The van der Waals surface area contributed by atoms with Gasteiger partial charge >= 0.3 is 5.97 Å². The minimum Gasteiger partial charge on any atom is -0.497 e. The van der Waals surface area contributed by atoms with Gasteiger partial charge < -0.3 is 19.7 Å². The van der Waals surface area contributed by atoms with Crippen molar-refractivity contribution < 1.29 is 29.3 Å². The van der Waals surface area contributed by atoms with Crippen molar-refractivity contribution in [3.8, 4) is 11.5 Å². The summed E-state index contributed by atoms with van der Waals surface area (Å²) in [6.45, 7) is 8.33. The van der Waals surface area contributed by atoms with E-state index in [2.05, 4.69) is 53.3 Å². The first-order chi connectivity index (χ1) is 20.2. The summed E-state index contributed by atoms with van der Waals surface area (Å²) in [5.41, 5.74) is 8.18. The number of aliphatic carboxylic acids is 1. The molecule has 0 saturated heterocycles. The molecule has 2 atom stereocenters. The Morgan fingerprint density at radius 1 is 1.19 bits per heavy atom. The highest BCUT2D eigenvalue weighted by atomic mass is 16.5. The van der Waals surface area contributed by atoms with E-state index in [1.165, 1.54) is 11.1 Å². The Morgan fingerprint density at radius 2 is 1.95 bits per heavy atom. The van der Waals surface area contributed by atoms with E-state index in [4.69, 9.17) is 19.4 Å². The number of carboxylic acid groups (broad SMARTS) is 2.